The molecule has 0 saturated carbocycles. The first-order valence-electron chi connectivity index (χ1n) is 5.66. The molecule has 2 nitrogen and oxygen atoms in total. The Balaban J connectivity index is 2.19. The molecule has 1 aliphatic heterocycles. The molecule has 1 N–H and O–H groups in total. The second-order valence-corrected chi connectivity index (χ2v) is 5.94. The summed E-state index contributed by atoms with van der Waals surface area (Å²) >= 11 is 2.09. The molecule has 15 heavy (non-hydrogen) atoms. The maximum Gasteiger partial charge on any atom is 0.0950 e. The number of rotatable bonds is 4. The summed E-state index contributed by atoms with van der Waals surface area (Å²) in [6.45, 7) is 5.53. The molecule has 1 fully saturated rings. The van der Waals surface area contributed by atoms with Gasteiger partial charge in [-0.05, 0) is 38.1 Å². The molecule has 2 rings (SSSR count). The molecular formula is C12H19NOS. The highest BCUT2D eigenvalue weighted by Gasteiger charge is 2.38. The Morgan fingerprint density at radius 3 is 3.07 bits per heavy atom. The van der Waals surface area contributed by atoms with Gasteiger partial charge in [-0.2, -0.15) is 11.8 Å². The van der Waals surface area contributed by atoms with Crippen LogP contribution < -0.4 is 5.32 Å². The molecule has 3 heteroatoms. The number of nitrogens with one attached hydrogen (secondary N) is 1. The van der Waals surface area contributed by atoms with E-state index in [4.69, 9.17) is 4.42 Å². The predicted octanol–water partition coefficient (Wildman–Crippen LogP) is 3.22. The van der Waals surface area contributed by atoms with Crippen LogP contribution >= 0.6 is 11.8 Å². The zero-order valence-corrected chi connectivity index (χ0v) is 10.3. The Hall–Kier alpha value is -0.410. The number of hydrogen-bond acceptors (Lipinski definition) is 3. The van der Waals surface area contributed by atoms with Crippen LogP contribution in [-0.2, 0) is 0 Å². The summed E-state index contributed by atoms with van der Waals surface area (Å²) in [7, 11) is 0. The zero-order valence-electron chi connectivity index (χ0n) is 9.45. The maximum absolute atomic E-state index is 5.20. The molecule has 84 valence electrons. The zero-order chi connectivity index (χ0) is 10.7. The summed E-state index contributed by atoms with van der Waals surface area (Å²) in [5.74, 6) is 1.29. The van der Waals surface area contributed by atoms with E-state index in [0.29, 0.717) is 10.8 Å². The van der Waals surface area contributed by atoms with Crippen LogP contribution in [0, 0.1) is 0 Å². The van der Waals surface area contributed by atoms with Crippen molar-refractivity contribution in [2.24, 2.45) is 0 Å². The molecule has 2 atom stereocenters. The summed E-state index contributed by atoms with van der Waals surface area (Å²) in [6, 6.07) is 2.51. The van der Waals surface area contributed by atoms with Gasteiger partial charge in [0.2, 0.25) is 0 Å². The molecule has 2 unspecified atom stereocenters. The average Bonchev–Trinajstić information content (AvgIpc) is 2.85. The van der Waals surface area contributed by atoms with Crippen LogP contribution in [0.1, 0.15) is 38.3 Å². The quantitative estimate of drug-likeness (QED) is 0.851. The first-order chi connectivity index (χ1) is 7.26. The molecule has 1 aromatic rings. The third-order valence-electron chi connectivity index (χ3n) is 3.14. The van der Waals surface area contributed by atoms with Crippen molar-refractivity contribution < 1.29 is 4.42 Å². The van der Waals surface area contributed by atoms with Crippen molar-refractivity contribution in [1.82, 2.24) is 5.32 Å². The first-order valence-corrected chi connectivity index (χ1v) is 6.64. The summed E-state index contributed by atoms with van der Waals surface area (Å²) in [4.78, 5) is 0. The molecular weight excluding hydrogens is 206 g/mol. The lowest BCUT2D eigenvalue weighted by Gasteiger charge is -2.33. The largest absolute Gasteiger partial charge is 0.472 e. The Bertz CT molecular complexity index is 291. The lowest BCUT2D eigenvalue weighted by Crippen LogP contribution is -2.37. The molecule has 1 aliphatic rings. The highest BCUT2D eigenvalue weighted by atomic mass is 32.2. The van der Waals surface area contributed by atoms with Crippen molar-refractivity contribution in [2.45, 2.75) is 37.5 Å². The van der Waals surface area contributed by atoms with Crippen LogP contribution in [0.5, 0.6) is 0 Å². The molecule has 0 aromatic carbocycles. The van der Waals surface area contributed by atoms with Gasteiger partial charge < -0.3 is 9.73 Å². The van der Waals surface area contributed by atoms with Crippen molar-refractivity contribution in [3.05, 3.63) is 24.2 Å². The van der Waals surface area contributed by atoms with E-state index in [1.54, 1.807) is 6.26 Å². The number of thioether (sulfide) groups is 1. The van der Waals surface area contributed by atoms with Crippen LogP contribution in [0.25, 0.3) is 0 Å². The SMILES string of the molecule is CCNC(c1ccoc1)C1(C)CCCS1. The van der Waals surface area contributed by atoms with Gasteiger partial charge in [0.25, 0.3) is 0 Å². The third-order valence-corrected chi connectivity index (χ3v) is 4.74. The van der Waals surface area contributed by atoms with Crippen LogP contribution in [0.3, 0.4) is 0 Å². The van der Waals surface area contributed by atoms with E-state index in [2.05, 4.69) is 37.0 Å². The van der Waals surface area contributed by atoms with E-state index in [0.717, 1.165) is 6.54 Å². The minimum absolute atomic E-state index is 0.333. The highest BCUT2D eigenvalue weighted by molar-refractivity contribution is 8.00. The van der Waals surface area contributed by atoms with Crippen LogP contribution in [0.4, 0.5) is 0 Å². The summed E-state index contributed by atoms with van der Waals surface area (Å²) in [5, 5.41) is 3.59. The molecule has 0 spiro atoms. The fourth-order valence-corrected chi connectivity index (χ4v) is 3.79. The Morgan fingerprint density at radius 2 is 2.53 bits per heavy atom. The molecule has 2 heterocycles. The van der Waals surface area contributed by atoms with E-state index in [-0.39, 0.29) is 0 Å². The molecule has 1 saturated heterocycles. The minimum atomic E-state index is 0.333. The van der Waals surface area contributed by atoms with Gasteiger partial charge in [-0.1, -0.05) is 6.92 Å². The average molecular weight is 225 g/mol. The topological polar surface area (TPSA) is 25.2 Å². The van der Waals surface area contributed by atoms with Gasteiger partial charge in [0.1, 0.15) is 0 Å². The van der Waals surface area contributed by atoms with E-state index in [1.165, 1.54) is 24.2 Å². The smallest absolute Gasteiger partial charge is 0.0950 e. The monoisotopic (exact) mass is 225 g/mol. The van der Waals surface area contributed by atoms with Gasteiger partial charge in [-0.25, -0.2) is 0 Å². The van der Waals surface area contributed by atoms with E-state index in [9.17, 15) is 0 Å². The number of hydrogen-bond donors (Lipinski definition) is 1. The van der Waals surface area contributed by atoms with E-state index < -0.39 is 0 Å². The normalized spacial score (nSPS) is 28.1. The summed E-state index contributed by atoms with van der Waals surface area (Å²) < 4.78 is 5.53. The predicted molar refractivity (Wildman–Crippen MR) is 65.2 cm³/mol. The lowest BCUT2D eigenvalue weighted by molar-refractivity contribution is 0.417. The number of furan rings is 1. The van der Waals surface area contributed by atoms with Crippen molar-refractivity contribution >= 4 is 11.8 Å². The second kappa shape index (κ2) is 4.62. The summed E-state index contributed by atoms with van der Waals surface area (Å²) in [5.41, 5.74) is 1.29. The Labute approximate surface area is 95.8 Å². The van der Waals surface area contributed by atoms with Gasteiger partial charge in [-0.15, -0.1) is 0 Å². The van der Waals surface area contributed by atoms with Crippen molar-refractivity contribution in [3.8, 4) is 0 Å². The third kappa shape index (κ3) is 2.23. The van der Waals surface area contributed by atoms with Crippen molar-refractivity contribution in [3.63, 3.8) is 0 Å². The fraction of sp³-hybridized carbons (Fsp3) is 0.667. The van der Waals surface area contributed by atoms with Crippen LogP contribution in [0.15, 0.2) is 23.0 Å². The first kappa shape index (κ1) is 11.1. The second-order valence-electron chi connectivity index (χ2n) is 4.31. The molecule has 0 radical (unpaired) electrons. The van der Waals surface area contributed by atoms with Crippen LogP contribution in [-0.4, -0.2) is 17.0 Å². The molecule has 0 aliphatic carbocycles. The van der Waals surface area contributed by atoms with Gasteiger partial charge in [0.05, 0.1) is 12.5 Å². The van der Waals surface area contributed by atoms with Gasteiger partial charge in [0, 0.05) is 16.4 Å². The van der Waals surface area contributed by atoms with Gasteiger partial charge in [0.15, 0.2) is 0 Å². The van der Waals surface area contributed by atoms with E-state index >= 15 is 0 Å². The minimum Gasteiger partial charge on any atom is -0.472 e. The maximum atomic E-state index is 5.20. The van der Waals surface area contributed by atoms with Gasteiger partial charge >= 0.3 is 0 Å². The summed E-state index contributed by atoms with van der Waals surface area (Å²) in [6.07, 6.45) is 6.27. The van der Waals surface area contributed by atoms with Crippen molar-refractivity contribution in [1.29, 1.82) is 0 Å². The Morgan fingerprint density at radius 1 is 1.67 bits per heavy atom. The van der Waals surface area contributed by atoms with Crippen LogP contribution in [0.2, 0.25) is 0 Å². The molecule has 1 aromatic heterocycles. The Kier molecular flexibility index (Phi) is 3.42. The highest BCUT2D eigenvalue weighted by Crippen LogP contribution is 2.46. The molecule has 0 amide bonds. The van der Waals surface area contributed by atoms with Gasteiger partial charge in [-0.3, -0.25) is 0 Å². The standard InChI is InChI=1S/C12H19NOS/c1-3-13-11(10-5-7-14-9-10)12(2)6-4-8-15-12/h5,7,9,11,13H,3-4,6,8H2,1-2H3. The molecule has 0 bridgehead atoms. The lowest BCUT2D eigenvalue weighted by atomic mass is 9.92. The fourth-order valence-electron chi connectivity index (χ4n) is 2.36. The van der Waals surface area contributed by atoms with E-state index in [1.807, 2.05) is 6.26 Å². The van der Waals surface area contributed by atoms with Crippen molar-refractivity contribution in [2.75, 3.05) is 12.3 Å².